The molecular weight excluding hydrogens is 414 g/mol. The van der Waals surface area contributed by atoms with E-state index in [0.717, 1.165) is 40.1 Å². The normalized spacial score (nSPS) is 19.7. The Bertz CT molecular complexity index is 893. The molecule has 1 aromatic carbocycles. The molecule has 0 aliphatic carbocycles. The maximum absolute atomic E-state index is 12.8. The molecule has 0 fully saturated rings. The first-order valence-electron chi connectivity index (χ1n) is 8.80. The zero-order chi connectivity index (χ0) is 18.6. The van der Waals surface area contributed by atoms with Crippen LogP contribution in [0, 0.1) is 6.92 Å². The van der Waals surface area contributed by atoms with Crippen LogP contribution in [0.2, 0.25) is 0 Å². The standard InChI is InChI=1S/C19H22BrN3O2S/c1-9(2)23-5-4-12-14(8-23)26-19-15(12)18(25)21-17(22-19)13-7-11(20)6-10(3)16(13)24/h6-7,9,17,22,24H,4-5,8H2,1-3H3,(H,21,25)/t17-/m1/s1. The van der Waals surface area contributed by atoms with Gasteiger partial charge in [0.15, 0.2) is 0 Å². The molecule has 0 radical (unpaired) electrons. The second kappa shape index (κ2) is 6.55. The maximum atomic E-state index is 12.8. The number of aromatic hydroxyl groups is 1. The van der Waals surface area contributed by atoms with E-state index in [4.69, 9.17) is 0 Å². The van der Waals surface area contributed by atoms with Crippen LogP contribution in [-0.2, 0) is 13.0 Å². The molecule has 3 heterocycles. The number of hydrogen-bond donors (Lipinski definition) is 3. The molecule has 1 amide bonds. The number of nitrogens with zero attached hydrogens (tertiary/aromatic N) is 1. The summed E-state index contributed by atoms with van der Waals surface area (Å²) in [6.07, 6.45) is 0.466. The molecule has 1 aromatic heterocycles. The second-order valence-electron chi connectivity index (χ2n) is 7.23. The first kappa shape index (κ1) is 17.8. The number of halogens is 1. The lowest BCUT2D eigenvalue weighted by atomic mass is 9.99. The number of carbonyl (C=O) groups is 1. The predicted octanol–water partition coefficient (Wildman–Crippen LogP) is 4.15. The van der Waals surface area contributed by atoms with E-state index in [9.17, 15) is 9.90 Å². The van der Waals surface area contributed by atoms with E-state index in [1.807, 2.05) is 19.1 Å². The Balaban J connectivity index is 1.69. The lowest BCUT2D eigenvalue weighted by Crippen LogP contribution is -2.39. The first-order chi connectivity index (χ1) is 12.3. The number of hydrogen-bond acceptors (Lipinski definition) is 5. The summed E-state index contributed by atoms with van der Waals surface area (Å²) in [6, 6.07) is 4.21. The number of carbonyl (C=O) groups excluding carboxylic acids is 1. The molecule has 2 aromatic rings. The van der Waals surface area contributed by atoms with Gasteiger partial charge in [-0.15, -0.1) is 11.3 Å². The van der Waals surface area contributed by atoms with E-state index in [1.165, 1.54) is 10.4 Å². The fourth-order valence-corrected chi connectivity index (χ4v) is 5.60. The van der Waals surface area contributed by atoms with Crippen molar-refractivity contribution in [3.63, 3.8) is 0 Å². The fraction of sp³-hybridized carbons (Fsp3) is 0.421. The van der Waals surface area contributed by atoms with E-state index >= 15 is 0 Å². The summed E-state index contributed by atoms with van der Waals surface area (Å²) in [5, 5.41) is 17.8. The van der Waals surface area contributed by atoms with E-state index in [0.29, 0.717) is 11.6 Å². The van der Waals surface area contributed by atoms with Crippen LogP contribution >= 0.6 is 27.3 Å². The van der Waals surface area contributed by atoms with Gasteiger partial charge in [0.2, 0.25) is 0 Å². The Morgan fingerprint density at radius 3 is 2.85 bits per heavy atom. The quantitative estimate of drug-likeness (QED) is 0.662. The largest absolute Gasteiger partial charge is 0.507 e. The predicted molar refractivity (Wildman–Crippen MR) is 108 cm³/mol. The molecule has 138 valence electrons. The van der Waals surface area contributed by atoms with Crippen molar-refractivity contribution in [1.82, 2.24) is 10.2 Å². The van der Waals surface area contributed by atoms with Crippen molar-refractivity contribution < 1.29 is 9.90 Å². The minimum atomic E-state index is -0.437. The summed E-state index contributed by atoms with van der Waals surface area (Å²) in [5.74, 6) is 0.151. The molecule has 3 N–H and O–H groups in total. The topological polar surface area (TPSA) is 64.6 Å². The smallest absolute Gasteiger partial charge is 0.256 e. The van der Waals surface area contributed by atoms with Crippen molar-refractivity contribution in [3.05, 3.63) is 43.7 Å². The molecule has 0 saturated heterocycles. The number of anilines is 1. The molecule has 0 unspecified atom stereocenters. The highest BCUT2D eigenvalue weighted by atomic mass is 79.9. The average Bonchev–Trinajstić information content (AvgIpc) is 2.95. The second-order valence-corrected chi connectivity index (χ2v) is 9.25. The van der Waals surface area contributed by atoms with Crippen molar-refractivity contribution in [2.75, 3.05) is 11.9 Å². The summed E-state index contributed by atoms with van der Waals surface area (Å²) in [5.41, 5.74) is 3.41. The molecule has 2 aliphatic heterocycles. The van der Waals surface area contributed by atoms with Gasteiger partial charge >= 0.3 is 0 Å². The number of phenols is 1. The summed E-state index contributed by atoms with van der Waals surface area (Å²) in [6.45, 7) is 8.14. The van der Waals surface area contributed by atoms with Gasteiger partial charge in [0, 0.05) is 34.0 Å². The Kier molecular flexibility index (Phi) is 4.49. The Hall–Kier alpha value is -1.57. The van der Waals surface area contributed by atoms with Crippen molar-refractivity contribution in [2.45, 2.75) is 45.9 Å². The molecule has 5 nitrogen and oxygen atoms in total. The van der Waals surface area contributed by atoms with Crippen molar-refractivity contribution in [3.8, 4) is 5.75 Å². The minimum Gasteiger partial charge on any atom is -0.507 e. The summed E-state index contributed by atoms with van der Waals surface area (Å²) in [7, 11) is 0. The van der Waals surface area contributed by atoms with E-state index in [1.54, 1.807) is 11.3 Å². The van der Waals surface area contributed by atoms with Crippen molar-refractivity contribution in [2.24, 2.45) is 0 Å². The van der Waals surface area contributed by atoms with Gasteiger partial charge in [-0.25, -0.2) is 0 Å². The molecule has 2 aliphatic rings. The van der Waals surface area contributed by atoms with Gasteiger partial charge < -0.3 is 15.7 Å². The highest BCUT2D eigenvalue weighted by Gasteiger charge is 2.34. The third kappa shape index (κ3) is 2.92. The molecule has 0 spiro atoms. The molecule has 4 rings (SSSR count). The van der Waals surface area contributed by atoms with Gasteiger partial charge in [-0.3, -0.25) is 9.69 Å². The molecule has 26 heavy (non-hydrogen) atoms. The summed E-state index contributed by atoms with van der Waals surface area (Å²) < 4.78 is 0.877. The zero-order valence-corrected chi connectivity index (χ0v) is 17.4. The van der Waals surface area contributed by atoms with Crippen LogP contribution in [0.25, 0.3) is 0 Å². The Morgan fingerprint density at radius 2 is 2.12 bits per heavy atom. The number of aryl methyl sites for hydroxylation is 1. The van der Waals surface area contributed by atoms with Crippen LogP contribution in [-0.4, -0.2) is 28.5 Å². The highest BCUT2D eigenvalue weighted by Crippen LogP contribution is 2.42. The molecule has 0 saturated carbocycles. The maximum Gasteiger partial charge on any atom is 0.256 e. The van der Waals surface area contributed by atoms with Crippen molar-refractivity contribution in [1.29, 1.82) is 0 Å². The SMILES string of the molecule is Cc1cc(Br)cc([C@@H]2NC(=O)c3c(sc4c3CCN(C(C)C)C4)N2)c1O. The monoisotopic (exact) mass is 435 g/mol. The van der Waals surface area contributed by atoms with Gasteiger partial charge in [-0.2, -0.15) is 0 Å². The number of nitrogens with one attached hydrogen (secondary N) is 2. The van der Waals surface area contributed by atoms with Crippen LogP contribution in [0.3, 0.4) is 0 Å². The number of thiophene rings is 1. The molecule has 0 bridgehead atoms. The third-order valence-electron chi connectivity index (χ3n) is 5.20. The molecule has 7 heteroatoms. The van der Waals surface area contributed by atoms with Gasteiger partial charge in [-0.1, -0.05) is 15.9 Å². The Morgan fingerprint density at radius 1 is 1.35 bits per heavy atom. The van der Waals surface area contributed by atoms with Crippen LogP contribution in [0.5, 0.6) is 5.75 Å². The van der Waals surface area contributed by atoms with E-state index in [-0.39, 0.29) is 11.7 Å². The number of benzene rings is 1. The van der Waals surface area contributed by atoms with Gasteiger partial charge in [0.05, 0.1) is 5.56 Å². The number of fused-ring (bicyclic) bond motifs is 3. The van der Waals surface area contributed by atoms with Gasteiger partial charge in [0.1, 0.15) is 16.9 Å². The lowest BCUT2D eigenvalue weighted by Gasteiger charge is -2.31. The third-order valence-corrected chi connectivity index (χ3v) is 6.81. The number of rotatable bonds is 2. The zero-order valence-electron chi connectivity index (χ0n) is 15.0. The number of amides is 1. The highest BCUT2D eigenvalue weighted by molar-refractivity contribution is 9.10. The van der Waals surface area contributed by atoms with Gasteiger partial charge in [0.25, 0.3) is 5.91 Å². The average molecular weight is 436 g/mol. The van der Waals surface area contributed by atoms with Crippen molar-refractivity contribution >= 4 is 38.2 Å². The molecule has 1 atom stereocenters. The van der Waals surface area contributed by atoms with Crippen LogP contribution in [0.15, 0.2) is 16.6 Å². The number of phenolic OH excluding ortho intramolecular Hbond substituents is 1. The van der Waals surface area contributed by atoms with Crippen LogP contribution in [0.1, 0.15) is 51.9 Å². The molecular formula is C19H22BrN3O2S. The van der Waals surface area contributed by atoms with E-state index in [2.05, 4.69) is 45.3 Å². The van der Waals surface area contributed by atoms with E-state index < -0.39 is 6.17 Å². The van der Waals surface area contributed by atoms with Gasteiger partial charge in [-0.05, 0) is 50.5 Å². The fourth-order valence-electron chi connectivity index (χ4n) is 3.71. The van der Waals surface area contributed by atoms with Crippen LogP contribution < -0.4 is 10.6 Å². The van der Waals surface area contributed by atoms with Crippen LogP contribution in [0.4, 0.5) is 5.00 Å². The summed E-state index contributed by atoms with van der Waals surface area (Å²) >= 11 is 5.14. The lowest BCUT2D eigenvalue weighted by molar-refractivity contribution is 0.0934. The first-order valence-corrected chi connectivity index (χ1v) is 10.4. The minimum absolute atomic E-state index is 0.0590. The Labute approximate surface area is 165 Å². The summed E-state index contributed by atoms with van der Waals surface area (Å²) in [4.78, 5) is 16.6.